The maximum Gasteiger partial charge on any atom is 0.460 e. The topological polar surface area (TPSA) is 3.24 Å². The number of hydrogen-bond acceptors (Lipinski definition) is 1. The molecule has 38 heavy (non-hydrogen) atoms. The molecule has 0 aliphatic heterocycles. The average Bonchev–Trinajstić information content (AvgIpc) is 2.79. The van der Waals surface area contributed by atoms with Gasteiger partial charge in [0.15, 0.2) is 0 Å². The van der Waals surface area contributed by atoms with E-state index < -0.39 is 64.0 Å². The number of nitrogens with zero attached hydrogens (tertiary/aromatic N) is 1. The molecule has 0 unspecified atom stereocenters. The summed E-state index contributed by atoms with van der Waals surface area (Å²) in [6, 6.07) is 0.769. The number of anilines is 2. The fraction of sp³-hybridized carbons (Fsp3) is 0.400. The fourth-order valence-corrected chi connectivity index (χ4v) is 2.92. The number of alkyl halides is 17. The Bertz CT molecular complexity index is 1050. The molecule has 0 N–H and O–H groups in total. The summed E-state index contributed by atoms with van der Waals surface area (Å²) >= 11 is 0. The van der Waals surface area contributed by atoms with E-state index in [0.29, 0.717) is 24.3 Å². The molecule has 2 rings (SSSR count). The van der Waals surface area contributed by atoms with Crippen molar-refractivity contribution in [2.45, 2.75) is 47.8 Å². The second-order valence-electron chi connectivity index (χ2n) is 7.49. The summed E-state index contributed by atoms with van der Waals surface area (Å²) in [4.78, 5) is -1.09. The van der Waals surface area contributed by atoms with Gasteiger partial charge in [-0.1, -0.05) is 36.4 Å². The molecule has 18 heteroatoms. The van der Waals surface area contributed by atoms with Gasteiger partial charge in [-0.05, 0) is 24.3 Å². The number of benzene rings is 2. The molecule has 0 bridgehead atoms. The van der Waals surface area contributed by atoms with Gasteiger partial charge in [-0.25, -0.2) is 0 Å². The number of halogens is 17. The van der Waals surface area contributed by atoms with Crippen molar-refractivity contribution >= 4 is 11.4 Å². The van der Waals surface area contributed by atoms with Crippen molar-refractivity contribution < 1.29 is 74.6 Å². The molecule has 0 heterocycles. The zero-order valence-corrected chi connectivity index (χ0v) is 17.6. The molecule has 0 atom stereocenters. The van der Waals surface area contributed by atoms with Crippen LogP contribution in [0.1, 0.15) is 0 Å². The van der Waals surface area contributed by atoms with Crippen LogP contribution in [0.15, 0.2) is 60.7 Å². The Morgan fingerprint density at radius 2 is 0.605 bits per heavy atom. The van der Waals surface area contributed by atoms with Crippen LogP contribution in [0.3, 0.4) is 0 Å². The predicted octanol–water partition coefficient (Wildman–Crippen LogP) is 8.79. The summed E-state index contributed by atoms with van der Waals surface area (Å²) in [5, 5.41) is 0. The SMILES string of the molecule is FC(F)(F)C(F)(F)C(F)(F)C(F)(F)C(F)(F)C(F)(F)C(F)(F)C(F)(F)N(c1ccccc1)c1ccccc1. The molecule has 0 aromatic heterocycles. The highest BCUT2D eigenvalue weighted by molar-refractivity contribution is 5.65. The predicted molar refractivity (Wildman–Crippen MR) is 95.7 cm³/mol. The van der Waals surface area contributed by atoms with Crippen molar-refractivity contribution in [3.8, 4) is 0 Å². The largest absolute Gasteiger partial charge is 0.460 e. The Kier molecular flexibility index (Phi) is 7.46. The van der Waals surface area contributed by atoms with Crippen LogP contribution in [0.5, 0.6) is 0 Å². The van der Waals surface area contributed by atoms with Crippen molar-refractivity contribution in [1.29, 1.82) is 0 Å². The van der Waals surface area contributed by atoms with Crippen LogP contribution >= 0.6 is 0 Å². The van der Waals surface area contributed by atoms with E-state index in [4.69, 9.17) is 0 Å². The Balaban J connectivity index is 2.76. The van der Waals surface area contributed by atoms with Gasteiger partial charge in [0.2, 0.25) is 0 Å². The highest BCUT2D eigenvalue weighted by Crippen LogP contribution is 2.64. The Morgan fingerprint density at radius 3 is 0.895 bits per heavy atom. The third-order valence-electron chi connectivity index (χ3n) is 5.02. The minimum absolute atomic E-state index is 0.514. The van der Waals surface area contributed by atoms with Gasteiger partial charge in [0, 0.05) is 11.4 Å². The fourth-order valence-electron chi connectivity index (χ4n) is 2.92. The second-order valence-corrected chi connectivity index (χ2v) is 7.49. The molecule has 0 amide bonds. The lowest BCUT2D eigenvalue weighted by Gasteiger charge is -2.45. The zero-order valence-electron chi connectivity index (χ0n) is 17.6. The van der Waals surface area contributed by atoms with Gasteiger partial charge in [0.05, 0.1) is 0 Å². The van der Waals surface area contributed by atoms with Crippen molar-refractivity contribution in [1.82, 2.24) is 0 Å². The van der Waals surface area contributed by atoms with Gasteiger partial charge in [0.25, 0.3) is 0 Å². The van der Waals surface area contributed by atoms with Gasteiger partial charge >= 0.3 is 47.8 Å². The van der Waals surface area contributed by atoms with E-state index in [1.165, 1.54) is 0 Å². The van der Waals surface area contributed by atoms with Crippen molar-refractivity contribution in [3.63, 3.8) is 0 Å². The van der Waals surface area contributed by atoms with E-state index in [9.17, 15) is 74.6 Å². The van der Waals surface area contributed by atoms with E-state index in [-0.39, 0.29) is 0 Å². The average molecular weight is 587 g/mol. The molecule has 0 aliphatic carbocycles. The van der Waals surface area contributed by atoms with Crippen LogP contribution in [0.25, 0.3) is 0 Å². The van der Waals surface area contributed by atoms with E-state index in [2.05, 4.69) is 0 Å². The van der Waals surface area contributed by atoms with Crippen molar-refractivity contribution in [2.75, 3.05) is 4.90 Å². The first kappa shape index (κ1) is 31.3. The number of rotatable bonds is 9. The highest BCUT2D eigenvalue weighted by atomic mass is 19.4. The molecule has 0 fully saturated rings. The molecular formula is C20H10F17N. The minimum Gasteiger partial charge on any atom is -0.277 e. The summed E-state index contributed by atoms with van der Waals surface area (Å²) in [6.45, 7) is 0. The smallest absolute Gasteiger partial charge is 0.277 e. The first-order valence-electron chi connectivity index (χ1n) is 9.45. The summed E-state index contributed by atoms with van der Waals surface area (Å²) < 4.78 is 232. The van der Waals surface area contributed by atoms with Crippen LogP contribution in [-0.2, 0) is 0 Å². The molecule has 214 valence electrons. The lowest BCUT2D eigenvalue weighted by molar-refractivity contribution is -0.461. The highest BCUT2D eigenvalue weighted by Gasteiger charge is 2.95. The standard InChI is InChI=1S/C20H10F17N/c21-13(22,15(25,26)17(29,30)19(33,34)35)14(23,24)16(27,28)18(31,32)20(36,37)38(11-7-3-1-4-8-11)12-9-5-2-6-10-12/h1-10H. The Labute approximate surface area is 200 Å². The van der Waals surface area contributed by atoms with Gasteiger partial charge < -0.3 is 0 Å². The summed E-state index contributed by atoms with van der Waals surface area (Å²) in [5.41, 5.74) is -2.36. The normalized spacial score (nSPS) is 15.0. The second kappa shape index (κ2) is 9.07. The van der Waals surface area contributed by atoms with Gasteiger partial charge in [0.1, 0.15) is 0 Å². The molecule has 0 aliphatic rings. The molecule has 0 saturated carbocycles. The lowest BCUT2D eigenvalue weighted by Crippen LogP contribution is -2.75. The first-order chi connectivity index (χ1) is 16.8. The van der Waals surface area contributed by atoms with E-state index in [1.807, 2.05) is 0 Å². The van der Waals surface area contributed by atoms with Crippen LogP contribution in [0.2, 0.25) is 0 Å². The van der Waals surface area contributed by atoms with Gasteiger partial charge in [-0.3, -0.25) is 4.90 Å². The quantitative estimate of drug-likeness (QED) is 0.210. The summed E-state index contributed by atoms with van der Waals surface area (Å²) in [7, 11) is 0. The maximum absolute atomic E-state index is 15.0. The zero-order chi connectivity index (χ0) is 29.8. The summed E-state index contributed by atoms with van der Waals surface area (Å²) in [5.74, 6) is -50.3. The Hall–Kier alpha value is -2.95. The molecule has 0 radical (unpaired) electrons. The summed E-state index contributed by atoms with van der Waals surface area (Å²) in [6.07, 6.45) is -7.80. The molecule has 2 aromatic rings. The molecule has 2 aromatic carbocycles. The van der Waals surface area contributed by atoms with Gasteiger partial charge in [-0.15, -0.1) is 0 Å². The van der Waals surface area contributed by atoms with Crippen molar-refractivity contribution in [3.05, 3.63) is 60.7 Å². The monoisotopic (exact) mass is 587 g/mol. The van der Waals surface area contributed by atoms with Crippen molar-refractivity contribution in [2.24, 2.45) is 0 Å². The van der Waals surface area contributed by atoms with E-state index >= 15 is 0 Å². The maximum atomic E-state index is 15.0. The lowest BCUT2D eigenvalue weighted by atomic mass is 9.90. The van der Waals surface area contributed by atoms with Gasteiger partial charge in [-0.2, -0.15) is 74.6 Å². The number of hydrogen-bond donors (Lipinski definition) is 0. The first-order valence-corrected chi connectivity index (χ1v) is 9.45. The molecule has 1 nitrogen and oxygen atoms in total. The molecule has 0 saturated heterocycles. The van der Waals surface area contributed by atoms with Crippen LogP contribution in [0, 0.1) is 0 Å². The van der Waals surface area contributed by atoms with Crippen LogP contribution in [0.4, 0.5) is 86.0 Å². The van der Waals surface area contributed by atoms with E-state index in [1.54, 1.807) is 0 Å². The molecule has 0 spiro atoms. The van der Waals surface area contributed by atoms with Crippen LogP contribution < -0.4 is 4.90 Å². The Morgan fingerprint density at radius 1 is 0.342 bits per heavy atom. The van der Waals surface area contributed by atoms with Crippen LogP contribution in [-0.4, -0.2) is 47.8 Å². The third-order valence-corrected chi connectivity index (χ3v) is 5.02. The third kappa shape index (κ3) is 4.19. The van der Waals surface area contributed by atoms with E-state index in [0.717, 1.165) is 36.4 Å². The number of para-hydroxylation sites is 2. The minimum atomic E-state index is -8.67. The molecular weight excluding hydrogens is 577 g/mol.